The summed E-state index contributed by atoms with van der Waals surface area (Å²) in [5, 5.41) is 11.5. The zero-order valence-corrected chi connectivity index (χ0v) is 40.2. The number of carbonyl (C=O) groups is 5. The molecule has 13 fully saturated rings. The van der Waals surface area contributed by atoms with Crippen molar-refractivity contribution in [1.29, 1.82) is 0 Å². The third-order valence-electron chi connectivity index (χ3n) is 20.9. The van der Waals surface area contributed by atoms with Gasteiger partial charge in [0.15, 0.2) is 0 Å². The Morgan fingerprint density at radius 2 is 1.43 bits per heavy atom. The van der Waals surface area contributed by atoms with E-state index in [4.69, 9.17) is 23.7 Å². The highest BCUT2D eigenvalue weighted by atomic mass is 16.6. The summed E-state index contributed by atoms with van der Waals surface area (Å²) in [6.07, 6.45) is 16.2. The third-order valence-corrected chi connectivity index (χ3v) is 20.9. The molecule has 14 unspecified atom stereocenters. The van der Waals surface area contributed by atoms with Gasteiger partial charge in [-0.25, -0.2) is 0 Å². The summed E-state index contributed by atoms with van der Waals surface area (Å²) in [7, 11) is 0. The van der Waals surface area contributed by atoms with Crippen molar-refractivity contribution in [2.75, 3.05) is 6.61 Å². The van der Waals surface area contributed by atoms with Crippen LogP contribution in [0, 0.1) is 93.2 Å². The highest BCUT2D eigenvalue weighted by Crippen LogP contribution is 2.63. The molecule has 11 heteroatoms. The van der Waals surface area contributed by atoms with Gasteiger partial charge in [0.25, 0.3) is 0 Å². The van der Waals surface area contributed by atoms with E-state index in [9.17, 15) is 19.5 Å². The second kappa shape index (κ2) is 15.4. The van der Waals surface area contributed by atoms with Gasteiger partial charge in [0.1, 0.15) is 23.4 Å². The summed E-state index contributed by atoms with van der Waals surface area (Å²) in [6, 6.07) is 0. The largest absolute Gasteiger partial charge is 0.465 e. The SMILES string of the molecule is CC(CC(C)(CC(C)(CC1C2CCC(C2)C1C)C(=O)OC(C)(C)CCOC(=O)C12CC3CC(CC(C3)C1)C2)C(=O)OC1C2CC3C(=O)OC1C3C2)C(=O)OC12CC3CC(CC(O)(C3)C1)C2. The molecule has 0 aromatic heterocycles. The zero-order chi connectivity index (χ0) is 45.6. The summed E-state index contributed by atoms with van der Waals surface area (Å²) in [4.78, 5) is 71.3. The standard InChI is InChI=1S/C54H78O11/c1-29(44(55)64-54-24-34-14-35(25-54)23-53(60,22-34)28-54)18-50(5,46(57)63-42-38-16-39-40(17-38)45(56)62-43(39)42)27-51(6,26-41-30(2)36-7-8-37(41)15-36)47(58)65-49(3,4)9-10-61-48(59)52-19-31-11-32(20-52)13-33(12-31)21-52/h29-43,60H,7-28H2,1-6H3. The van der Waals surface area contributed by atoms with Gasteiger partial charge in [0, 0.05) is 24.7 Å². The van der Waals surface area contributed by atoms with E-state index in [1.807, 2.05) is 34.6 Å². The van der Waals surface area contributed by atoms with Gasteiger partial charge in [-0.2, -0.15) is 0 Å². The van der Waals surface area contributed by atoms with E-state index in [0.29, 0.717) is 73.0 Å². The lowest BCUT2D eigenvalue weighted by atomic mass is 9.49. The molecule has 12 bridgehead atoms. The summed E-state index contributed by atoms with van der Waals surface area (Å²) in [5.41, 5.74) is -5.24. The molecule has 1 N–H and O–H groups in total. The molecule has 360 valence electrons. The average Bonchev–Trinajstić information content (AvgIpc) is 4.01. The molecule has 1 heterocycles. The Balaban J connectivity index is 0.833. The molecular formula is C54H78O11. The Labute approximate surface area is 386 Å². The number of fused-ring (bicyclic) bond motifs is 3. The first-order valence-corrected chi connectivity index (χ1v) is 26.4. The lowest BCUT2D eigenvalue weighted by Gasteiger charge is -2.59. The number of hydrogen-bond donors (Lipinski definition) is 1. The zero-order valence-electron chi connectivity index (χ0n) is 40.2. The van der Waals surface area contributed by atoms with Gasteiger partial charge in [-0.1, -0.05) is 13.8 Å². The fourth-order valence-corrected chi connectivity index (χ4v) is 18.9. The summed E-state index contributed by atoms with van der Waals surface area (Å²) < 4.78 is 31.6. The Hall–Kier alpha value is -2.69. The number of esters is 5. The van der Waals surface area contributed by atoms with E-state index < -0.39 is 51.7 Å². The number of carbonyl (C=O) groups excluding carboxylic acids is 5. The second-order valence-corrected chi connectivity index (χ2v) is 26.8. The maximum atomic E-state index is 15.2. The molecule has 14 atom stereocenters. The fourth-order valence-electron chi connectivity index (χ4n) is 18.9. The maximum absolute atomic E-state index is 15.2. The van der Waals surface area contributed by atoms with E-state index >= 15 is 9.59 Å². The van der Waals surface area contributed by atoms with Crippen molar-refractivity contribution in [1.82, 2.24) is 0 Å². The van der Waals surface area contributed by atoms with E-state index in [-0.39, 0.29) is 72.4 Å². The molecule has 65 heavy (non-hydrogen) atoms. The van der Waals surface area contributed by atoms with Crippen LogP contribution < -0.4 is 0 Å². The molecule has 0 spiro atoms. The van der Waals surface area contributed by atoms with Crippen LogP contribution in [-0.2, 0) is 47.7 Å². The van der Waals surface area contributed by atoms with Crippen LogP contribution in [0.3, 0.4) is 0 Å². The van der Waals surface area contributed by atoms with Crippen molar-refractivity contribution in [2.45, 2.75) is 205 Å². The van der Waals surface area contributed by atoms with Crippen LogP contribution >= 0.6 is 0 Å². The molecule has 0 aromatic carbocycles. The lowest BCUT2D eigenvalue weighted by Crippen LogP contribution is -2.60. The first-order valence-electron chi connectivity index (χ1n) is 26.4. The van der Waals surface area contributed by atoms with Crippen LogP contribution in [0.1, 0.15) is 176 Å². The quantitative estimate of drug-likeness (QED) is 0.117. The Morgan fingerprint density at radius 3 is 2.06 bits per heavy atom. The number of hydrogen-bond acceptors (Lipinski definition) is 11. The van der Waals surface area contributed by atoms with Crippen LogP contribution in [0.25, 0.3) is 0 Å². The third kappa shape index (κ3) is 7.80. The first kappa shape index (κ1) is 44.8. The normalized spacial score (nSPS) is 46.7. The molecule has 12 saturated carbocycles. The highest BCUT2D eigenvalue weighted by molar-refractivity contribution is 5.83. The van der Waals surface area contributed by atoms with Gasteiger partial charge in [0.05, 0.1) is 40.3 Å². The van der Waals surface area contributed by atoms with Gasteiger partial charge >= 0.3 is 29.8 Å². The molecular weight excluding hydrogens is 825 g/mol. The van der Waals surface area contributed by atoms with E-state index in [1.165, 1.54) is 25.7 Å². The van der Waals surface area contributed by atoms with Gasteiger partial charge < -0.3 is 28.8 Å². The summed E-state index contributed by atoms with van der Waals surface area (Å²) >= 11 is 0. The molecule has 0 radical (unpaired) electrons. The molecule has 0 aromatic rings. The minimum atomic E-state index is -1.31. The second-order valence-electron chi connectivity index (χ2n) is 26.8. The molecule has 12 aliphatic carbocycles. The number of rotatable bonds is 16. The predicted molar refractivity (Wildman–Crippen MR) is 237 cm³/mol. The Bertz CT molecular complexity index is 1920. The molecule has 11 nitrogen and oxygen atoms in total. The first-order chi connectivity index (χ1) is 30.6. The Kier molecular flexibility index (Phi) is 10.6. The molecule has 1 saturated heterocycles. The highest BCUT2D eigenvalue weighted by Gasteiger charge is 2.65. The molecule has 0 amide bonds. The number of ether oxygens (including phenoxy) is 5. The van der Waals surface area contributed by atoms with Crippen molar-refractivity contribution in [2.24, 2.45) is 93.2 Å². The van der Waals surface area contributed by atoms with Crippen LogP contribution in [0.5, 0.6) is 0 Å². The van der Waals surface area contributed by atoms with Crippen LogP contribution in [-0.4, -0.2) is 70.6 Å². The van der Waals surface area contributed by atoms with Gasteiger partial charge in [-0.05, 0) is 203 Å². The van der Waals surface area contributed by atoms with E-state index in [1.54, 1.807) is 0 Å². The maximum Gasteiger partial charge on any atom is 0.312 e. The fraction of sp³-hybridized carbons (Fsp3) is 0.907. The van der Waals surface area contributed by atoms with Gasteiger partial charge in [-0.15, -0.1) is 0 Å². The van der Waals surface area contributed by atoms with E-state index in [0.717, 1.165) is 70.6 Å². The summed E-state index contributed by atoms with van der Waals surface area (Å²) in [5.74, 6) is 2.15. The topological polar surface area (TPSA) is 152 Å². The minimum Gasteiger partial charge on any atom is -0.465 e. The average molecular weight is 903 g/mol. The van der Waals surface area contributed by atoms with Gasteiger partial charge in [0.2, 0.25) is 0 Å². The van der Waals surface area contributed by atoms with Crippen molar-refractivity contribution in [3.8, 4) is 0 Å². The molecule has 1 aliphatic heterocycles. The van der Waals surface area contributed by atoms with E-state index in [2.05, 4.69) is 6.92 Å². The van der Waals surface area contributed by atoms with Gasteiger partial charge in [-0.3, -0.25) is 24.0 Å². The van der Waals surface area contributed by atoms with Crippen LogP contribution in [0.2, 0.25) is 0 Å². The Morgan fingerprint density at radius 1 is 0.785 bits per heavy atom. The van der Waals surface area contributed by atoms with Crippen LogP contribution in [0.4, 0.5) is 0 Å². The van der Waals surface area contributed by atoms with Crippen molar-refractivity contribution in [3.05, 3.63) is 0 Å². The number of aliphatic hydroxyl groups is 1. The predicted octanol–water partition coefficient (Wildman–Crippen LogP) is 9.08. The lowest BCUT2D eigenvalue weighted by molar-refractivity contribution is -0.222. The van der Waals surface area contributed by atoms with Crippen molar-refractivity contribution in [3.63, 3.8) is 0 Å². The molecule has 13 aliphatic rings. The summed E-state index contributed by atoms with van der Waals surface area (Å²) in [6.45, 7) is 11.9. The monoisotopic (exact) mass is 903 g/mol. The van der Waals surface area contributed by atoms with Crippen molar-refractivity contribution < 1.29 is 52.8 Å². The van der Waals surface area contributed by atoms with Crippen molar-refractivity contribution >= 4 is 29.8 Å². The minimum absolute atomic E-state index is 0.0306. The molecule has 13 rings (SSSR count). The van der Waals surface area contributed by atoms with Crippen LogP contribution in [0.15, 0.2) is 0 Å². The smallest absolute Gasteiger partial charge is 0.312 e.